The van der Waals surface area contributed by atoms with Gasteiger partial charge in [-0.05, 0) is 17.7 Å². The van der Waals surface area contributed by atoms with Crippen LogP contribution in [-0.4, -0.2) is 37.4 Å². The number of hydrogen-bond donors (Lipinski definition) is 1. The van der Waals surface area contributed by atoms with Gasteiger partial charge in [0.1, 0.15) is 5.75 Å². The lowest BCUT2D eigenvalue weighted by Gasteiger charge is -2.20. The number of carbonyl (C=O) groups excluding carboxylic acids is 2. The molecule has 0 spiro atoms. The van der Waals surface area contributed by atoms with E-state index in [1.165, 1.54) is 0 Å². The number of nitrogens with one attached hydrogen (secondary N) is 1. The number of nitrogens with zero attached hydrogens (tertiary/aromatic N) is 1. The van der Waals surface area contributed by atoms with Crippen molar-refractivity contribution in [3.8, 4) is 5.75 Å². The van der Waals surface area contributed by atoms with Crippen LogP contribution < -0.4 is 10.1 Å². The number of benzene rings is 1. The molecule has 0 aromatic heterocycles. The second-order valence-electron chi connectivity index (χ2n) is 4.75. The van der Waals surface area contributed by atoms with Gasteiger partial charge in [-0.25, -0.2) is 0 Å². The molecule has 2 amide bonds. The molecule has 1 saturated heterocycles. The van der Waals surface area contributed by atoms with Crippen LogP contribution in [0, 0.1) is 5.92 Å². The van der Waals surface area contributed by atoms with Crippen molar-refractivity contribution in [2.75, 3.05) is 20.7 Å². The summed E-state index contributed by atoms with van der Waals surface area (Å²) >= 11 is 0. The summed E-state index contributed by atoms with van der Waals surface area (Å²) < 4.78 is 5.15. The van der Waals surface area contributed by atoms with Crippen LogP contribution in [0.3, 0.4) is 0 Å². The first-order valence-electron chi connectivity index (χ1n) is 6.24. The van der Waals surface area contributed by atoms with Crippen molar-refractivity contribution in [2.24, 2.45) is 5.92 Å². The highest BCUT2D eigenvalue weighted by molar-refractivity contribution is 5.89. The minimum Gasteiger partial charge on any atom is -0.497 e. The van der Waals surface area contributed by atoms with Gasteiger partial charge in [-0.3, -0.25) is 9.59 Å². The molecule has 0 aliphatic carbocycles. The summed E-state index contributed by atoms with van der Waals surface area (Å²) in [5.41, 5.74) is 1.01. The summed E-state index contributed by atoms with van der Waals surface area (Å²) in [5, 5.41) is 2.68. The fourth-order valence-corrected chi connectivity index (χ4v) is 2.21. The summed E-state index contributed by atoms with van der Waals surface area (Å²) in [4.78, 5) is 24.9. The van der Waals surface area contributed by atoms with Crippen LogP contribution in [0.4, 0.5) is 0 Å². The number of amides is 2. The molecule has 0 bridgehead atoms. The summed E-state index contributed by atoms with van der Waals surface area (Å²) in [6.07, 6.45) is 0.293. The minimum atomic E-state index is -0.233. The Morgan fingerprint density at radius 3 is 2.95 bits per heavy atom. The van der Waals surface area contributed by atoms with Gasteiger partial charge in [0.15, 0.2) is 0 Å². The topological polar surface area (TPSA) is 58.6 Å². The number of methoxy groups -OCH3 is 1. The molecule has 2 rings (SSSR count). The van der Waals surface area contributed by atoms with Crippen molar-refractivity contribution in [3.63, 3.8) is 0 Å². The van der Waals surface area contributed by atoms with E-state index in [1.54, 1.807) is 19.1 Å². The first-order chi connectivity index (χ1) is 9.10. The normalized spacial score (nSPS) is 18.0. The molecule has 5 nitrogen and oxygen atoms in total. The molecular formula is C14H18N2O3. The zero-order chi connectivity index (χ0) is 13.8. The smallest absolute Gasteiger partial charge is 0.228 e. The van der Waals surface area contributed by atoms with E-state index in [1.807, 2.05) is 24.3 Å². The molecule has 0 radical (unpaired) electrons. The van der Waals surface area contributed by atoms with Crippen LogP contribution >= 0.6 is 0 Å². The van der Waals surface area contributed by atoms with Crippen molar-refractivity contribution in [1.82, 2.24) is 10.2 Å². The third-order valence-corrected chi connectivity index (χ3v) is 3.26. The molecule has 1 aliphatic rings. The summed E-state index contributed by atoms with van der Waals surface area (Å²) in [6, 6.07) is 7.62. The monoisotopic (exact) mass is 262 g/mol. The summed E-state index contributed by atoms with van der Waals surface area (Å²) in [6.45, 7) is 0.959. The fourth-order valence-electron chi connectivity index (χ4n) is 2.21. The van der Waals surface area contributed by atoms with Crippen molar-refractivity contribution >= 4 is 11.8 Å². The van der Waals surface area contributed by atoms with Crippen LogP contribution in [0.5, 0.6) is 5.75 Å². The highest BCUT2D eigenvalue weighted by Crippen LogP contribution is 2.17. The molecule has 0 saturated carbocycles. The molecule has 1 atom stereocenters. The van der Waals surface area contributed by atoms with Gasteiger partial charge in [0, 0.05) is 26.6 Å². The Bertz CT molecular complexity index is 487. The number of rotatable bonds is 4. The molecule has 1 aromatic carbocycles. The Morgan fingerprint density at radius 1 is 1.53 bits per heavy atom. The third-order valence-electron chi connectivity index (χ3n) is 3.26. The maximum atomic E-state index is 12.2. The molecule has 1 fully saturated rings. The van der Waals surface area contributed by atoms with Crippen LogP contribution in [0.25, 0.3) is 0 Å². The van der Waals surface area contributed by atoms with Gasteiger partial charge in [0.05, 0.1) is 13.0 Å². The first kappa shape index (κ1) is 13.4. The molecule has 102 valence electrons. The molecule has 19 heavy (non-hydrogen) atoms. The molecule has 1 aliphatic heterocycles. The van der Waals surface area contributed by atoms with Gasteiger partial charge in [0.25, 0.3) is 0 Å². The molecule has 1 N–H and O–H groups in total. The Labute approximate surface area is 112 Å². The summed E-state index contributed by atoms with van der Waals surface area (Å²) in [7, 11) is 3.37. The standard InChI is InChI=1S/C14H18N2O3/c1-16(14(18)11-7-13(17)15-8-11)9-10-4-3-5-12(6-10)19-2/h3-6,11H,7-9H2,1-2H3,(H,15,17). The highest BCUT2D eigenvalue weighted by Gasteiger charge is 2.29. The van der Waals surface area contributed by atoms with Crippen molar-refractivity contribution in [1.29, 1.82) is 0 Å². The zero-order valence-electron chi connectivity index (χ0n) is 11.2. The lowest BCUT2D eigenvalue weighted by atomic mass is 10.1. The Morgan fingerprint density at radius 2 is 2.32 bits per heavy atom. The lowest BCUT2D eigenvalue weighted by Crippen LogP contribution is -2.33. The summed E-state index contributed by atoms with van der Waals surface area (Å²) in [5.74, 6) is 0.494. The Balaban J connectivity index is 1.98. The first-order valence-corrected chi connectivity index (χ1v) is 6.24. The molecule has 1 aromatic rings. The molecule has 1 unspecified atom stereocenters. The van der Waals surface area contributed by atoms with Gasteiger partial charge in [-0.15, -0.1) is 0 Å². The molecule has 1 heterocycles. The van der Waals surface area contributed by atoms with Crippen molar-refractivity contribution in [2.45, 2.75) is 13.0 Å². The minimum absolute atomic E-state index is 0.00108. The van der Waals surface area contributed by atoms with E-state index in [0.717, 1.165) is 11.3 Å². The second kappa shape index (κ2) is 5.73. The van der Waals surface area contributed by atoms with Crippen molar-refractivity contribution < 1.29 is 14.3 Å². The number of carbonyl (C=O) groups is 2. The molecular weight excluding hydrogens is 244 g/mol. The number of ether oxygens (including phenoxy) is 1. The third kappa shape index (κ3) is 3.24. The van der Waals surface area contributed by atoms with E-state index in [2.05, 4.69) is 5.32 Å². The maximum Gasteiger partial charge on any atom is 0.228 e. The quantitative estimate of drug-likeness (QED) is 0.872. The van der Waals surface area contributed by atoms with Gasteiger partial charge in [-0.2, -0.15) is 0 Å². The van der Waals surface area contributed by atoms with Gasteiger partial charge in [-0.1, -0.05) is 12.1 Å². The SMILES string of the molecule is COc1cccc(CN(C)C(=O)C2CNC(=O)C2)c1. The predicted molar refractivity (Wildman–Crippen MR) is 70.6 cm³/mol. The van der Waals surface area contributed by atoms with Crippen LogP contribution in [0.1, 0.15) is 12.0 Å². The van der Waals surface area contributed by atoms with Crippen LogP contribution in [0.15, 0.2) is 24.3 Å². The van der Waals surface area contributed by atoms with Crippen LogP contribution in [0.2, 0.25) is 0 Å². The van der Waals surface area contributed by atoms with Crippen LogP contribution in [-0.2, 0) is 16.1 Å². The fraction of sp³-hybridized carbons (Fsp3) is 0.429. The largest absolute Gasteiger partial charge is 0.497 e. The van der Waals surface area contributed by atoms with Gasteiger partial charge < -0.3 is 15.0 Å². The highest BCUT2D eigenvalue weighted by atomic mass is 16.5. The average Bonchev–Trinajstić information content (AvgIpc) is 2.84. The number of hydrogen-bond acceptors (Lipinski definition) is 3. The van der Waals surface area contributed by atoms with Crippen molar-refractivity contribution in [3.05, 3.63) is 29.8 Å². The van der Waals surface area contributed by atoms with E-state index >= 15 is 0 Å². The van der Waals surface area contributed by atoms with E-state index < -0.39 is 0 Å². The van der Waals surface area contributed by atoms with Gasteiger partial charge >= 0.3 is 0 Å². The lowest BCUT2D eigenvalue weighted by molar-refractivity contribution is -0.135. The molecule has 5 heteroatoms. The van der Waals surface area contributed by atoms with E-state index in [0.29, 0.717) is 19.5 Å². The second-order valence-corrected chi connectivity index (χ2v) is 4.75. The average molecular weight is 262 g/mol. The zero-order valence-corrected chi connectivity index (χ0v) is 11.2. The Kier molecular flexibility index (Phi) is 4.04. The van der Waals surface area contributed by atoms with E-state index in [9.17, 15) is 9.59 Å². The predicted octanol–water partition coefficient (Wildman–Crippen LogP) is 0.790. The Hall–Kier alpha value is -2.04. The van der Waals surface area contributed by atoms with E-state index in [-0.39, 0.29) is 17.7 Å². The maximum absolute atomic E-state index is 12.2. The van der Waals surface area contributed by atoms with Gasteiger partial charge in [0.2, 0.25) is 11.8 Å². The van der Waals surface area contributed by atoms with E-state index in [4.69, 9.17) is 4.74 Å².